The lowest BCUT2D eigenvalue weighted by atomic mass is 10.1. The first kappa shape index (κ1) is 19.8. The Hall–Kier alpha value is -3.48. The van der Waals surface area contributed by atoms with Gasteiger partial charge >= 0.3 is 5.97 Å². The summed E-state index contributed by atoms with van der Waals surface area (Å²) < 4.78 is 5.27. The number of esters is 1. The van der Waals surface area contributed by atoms with Gasteiger partial charge in [0.1, 0.15) is 0 Å². The molecule has 7 nitrogen and oxygen atoms in total. The molecule has 2 aliphatic rings. The van der Waals surface area contributed by atoms with Crippen LogP contribution < -0.4 is 10.2 Å². The van der Waals surface area contributed by atoms with Crippen LogP contribution in [0.25, 0.3) is 0 Å². The van der Waals surface area contributed by atoms with Crippen molar-refractivity contribution < 1.29 is 23.9 Å². The van der Waals surface area contributed by atoms with Crippen LogP contribution in [-0.4, -0.2) is 35.8 Å². The number of ether oxygens (including phenoxy) is 1. The van der Waals surface area contributed by atoms with Crippen LogP contribution in [0.4, 0.5) is 5.69 Å². The predicted octanol–water partition coefficient (Wildman–Crippen LogP) is 3.09. The minimum Gasteiger partial charge on any atom is -0.449 e. The van der Waals surface area contributed by atoms with Crippen LogP contribution in [0.3, 0.4) is 0 Å². The molecule has 1 aliphatic carbocycles. The summed E-state index contributed by atoms with van der Waals surface area (Å²) in [5.74, 6) is -1.75. The number of nitrogens with zero attached hydrogens (tertiary/aromatic N) is 1. The summed E-state index contributed by atoms with van der Waals surface area (Å²) in [6, 6.07) is 12.8. The highest BCUT2D eigenvalue weighted by molar-refractivity contribution is 6.34. The quantitative estimate of drug-likeness (QED) is 0.608. The lowest BCUT2D eigenvalue weighted by Gasteiger charge is -2.17. The fourth-order valence-electron chi connectivity index (χ4n) is 3.84. The summed E-state index contributed by atoms with van der Waals surface area (Å²) in [6.07, 6.45) is 3.18. The molecule has 4 rings (SSSR count). The second-order valence-electron chi connectivity index (χ2n) is 7.58. The van der Waals surface area contributed by atoms with Gasteiger partial charge in [-0.1, -0.05) is 25.0 Å². The molecule has 30 heavy (non-hydrogen) atoms. The summed E-state index contributed by atoms with van der Waals surface area (Å²) in [5.41, 5.74) is 1.31. The highest BCUT2D eigenvalue weighted by Gasteiger charge is 2.36. The Kier molecular flexibility index (Phi) is 5.35. The van der Waals surface area contributed by atoms with E-state index in [4.69, 9.17) is 4.74 Å². The molecule has 1 fully saturated rings. The van der Waals surface area contributed by atoms with E-state index in [1.807, 2.05) is 0 Å². The highest BCUT2D eigenvalue weighted by atomic mass is 16.5. The number of fused-ring (bicyclic) bond motifs is 1. The van der Waals surface area contributed by atoms with Crippen molar-refractivity contribution in [3.05, 3.63) is 65.2 Å². The van der Waals surface area contributed by atoms with E-state index in [-0.39, 0.29) is 17.5 Å². The van der Waals surface area contributed by atoms with Gasteiger partial charge < -0.3 is 10.1 Å². The van der Waals surface area contributed by atoms with Gasteiger partial charge in [0.25, 0.3) is 17.7 Å². The number of nitrogens with one attached hydrogen (secondary N) is 1. The normalized spacial score (nSPS) is 17.0. The molecule has 3 amide bonds. The van der Waals surface area contributed by atoms with Crippen LogP contribution >= 0.6 is 0 Å². The number of carbonyl (C=O) groups excluding carboxylic acids is 4. The molecule has 154 valence electrons. The molecule has 2 aromatic rings. The molecule has 0 saturated heterocycles. The molecular formula is C23H22N2O5. The Labute approximate surface area is 174 Å². The third-order valence-corrected chi connectivity index (χ3v) is 5.51. The molecule has 1 saturated carbocycles. The van der Waals surface area contributed by atoms with Gasteiger partial charge in [0.15, 0.2) is 6.10 Å². The van der Waals surface area contributed by atoms with Crippen LogP contribution in [0.1, 0.15) is 63.7 Å². The van der Waals surface area contributed by atoms with Crippen LogP contribution in [0, 0.1) is 0 Å². The number of rotatable bonds is 5. The number of imide groups is 1. The lowest BCUT2D eigenvalue weighted by molar-refractivity contribution is -0.129. The summed E-state index contributed by atoms with van der Waals surface area (Å²) in [4.78, 5) is 50.8. The molecule has 0 aromatic heterocycles. The van der Waals surface area contributed by atoms with E-state index in [1.165, 1.54) is 31.2 Å². The first-order valence-electron chi connectivity index (χ1n) is 10.0. The van der Waals surface area contributed by atoms with E-state index < -0.39 is 23.9 Å². The van der Waals surface area contributed by atoms with Crippen molar-refractivity contribution in [2.45, 2.75) is 44.8 Å². The van der Waals surface area contributed by atoms with Gasteiger partial charge in [-0.3, -0.25) is 14.4 Å². The monoisotopic (exact) mass is 406 g/mol. The Morgan fingerprint density at radius 2 is 1.53 bits per heavy atom. The second-order valence-corrected chi connectivity index (χ2v) is 7.58. The predicted molar refractivity (Wildman–Crippen MR) is 109 cm³/mol. The van der Waals surface area contributed by atoms with Crippen molar-refractivity contribution in [3.8, 4) is 0 Å². The molecule has 7 heteroatoms. The third-order valence-electron chi connectivity index (χ3n) is 5.51. The van der Waals surface area contributed by atoms with Crippen molar-refractivity contribution in [1.29, 1.82) is 0 Å². The number of amides is 3. The van der Waals surface area contributed by atoms with Crippen LogP contribution in [0.15, 0.2) is 48.5 Å². The van der Waals surface area contributed by atoms with Gasteiger partial charge in [-0.25, -0.2) is 9.69 Å². The van der Waals surface area contributed by atoms with Crippen molar-refractivity contribution in [1.82, 2.24) is 5.32 Å². The molecule has 1 heterocycles. The minimum atomic E-state index is -0.908. The fraction of sp³-hybridized carbons (Fsp3) is 0.304. The Bertz CT molecular complexity index is 974. The molecule has 1 atom stereocenters. The number of benzene rings is 2. The van der Waals surface area contributed by atoms with Crippen LogP contribution in [0.5, 0.6) is 0 Å². The zero-order chi connectivity index (χ0) is 21.3. The van der Waals surface area contributed by atoms with E-state index in [2.05, 4.69) is 5.32 Å². The molecule has 1 aliphatic heterocycles. The van der Waals surface area contributed by atoms with Gasteiger partial charge in [-0.2, -0.15) is 0 Å². The van der Waals surface area contributed by atoms with Crippen molar-refractivity contribution in [3.63, 3.8) is 0 Å². The van der Waals surface area contributed by atoms with Crippen LogP contribution in [-0.2, 0) is 9.53 Å². The average Bonchev–Trinajstić information content (AvgIpc) is 3.35. The van der Waals surface area contributed by atoms with E-state index in [0.29, 0.717) is 16.8 Å². The zero-order valence-corrected chi connectivity index (χ0v) is 16.6. The van der Waals surface area contributed by atoms with Crippen molar-refractivity contribution >= 4 is 29.4 Å². The van der Waals surface area contributed by atoms with E-state index in [1.54, 1.807) is 24.3 Å². The Morgan fingerprint density at radius 3 is 2.10 bits per heavy atom. The Morgan fingerprint density at radius 1 is 0.967 bits per heavy atom. The van der Waals surface area contributed by atoms with Gasteiger partial charge in [0, 0.05) is 6.04 Å². The molecule has 0 radical (unpaired) electrons. The summed E-state index contributed by atoms with van der Waals surface area (Å²) in [6.45, 7) is 1.54. The molecule has 1 unspecified atom stereocenters. The van der Waals surface area contributed by atoms with E-state index in [0.717, 1.165) is 30.6 Å². The number of carbonyl (C=O) groups is 4. The highest BCUT2D eigenvalue weighted by Crippen LogP contribution is 2.28. The average molecular weight is 406 g/mol. The topological polar surface area (TPSA) is 92.8 Å². The summed E-state index contributed by atoms with van der Waals surface area (Å²) >= 11 is 0. The zero-order valence-electron chi connectivity index (χ0n) is 16.6. The fourth-order valence-corrected chi connectivity index (χ4v) is 3.84. The molecular weight excluding hydrogens is 384 g/mol. The molecule has 0 bridgehead atoms. The summed E-state index contributed by atoms with van der Waals surface area (Å²) in [5, 5.41) is 2.90. The second kappa shape index (κ2) is 8.10. The largest absolute Gasteiger partial charge is 0.449 e. The minimum absolute atomic E-state index is 0.151. The summed E-state index contributed by atoms with van der Waals surface area (Å²) in [7, 11) is 0. The lowest BCUT2D eigenvalue weighted by Crippen LogP contribution is -2.40. The van der Waals surface area contributed by atoms with Gasteiger partial charge in [0.2, 0.25) is 0 Å². The van der Waals surface area contributed by atoms with Crippen molar-refractivity contribution in [2.24, 2.45) is 0 Å². The number of anilines is 1. The first-order chi connectivity index (χ1) is 14.5. The van der Waals surface area contributed by atoms with Crippen molar-refractivity contribution in [2.75, 3.05) is 4.90 Å². The maximum Gasteiger partial charge on any atom is 0.338 e. The third kappa shape index (κ3) is 3.70. The number of hydrogen-bond acceptors (Lipinski definition) is 5. The first-order valence-corrected chi connectivity index (χ1v) is 10.0. The molecule has 2 aromatic carbocycles. The van der Waals surface area contributed by atoms with Gasteiger partial charge in [0.05, 0.1) is 22.4 Å². The maximum atomic E-state index is 12.6. The van der Waals surface area contributed by atoms with Gasteiger partial charge in [-0.05, 0) is 56.2 Å². The standard InChI is InChI=1S/C23H22N2O5/c1-14(20(26)24-16-6-2-3-7-16)30-23(29)15-10-12-17(13-11-15)25-21(27)18-8-4-5-9-19(18)22(25)28/h4-5,8-14,16H,2-3,6-7H2,1H3,(H,24,26). The number of hydrogen-bond donors (Lipinski definition) is 1. The maximum absolute atomic E-state index is 12.6. The smallest absolute Gasteiger partial charge is 0.338 e. The SMILES string of the molecule is CC(OC(=O)c1ccc(N2C(=O)c3ccccc3C2=O)cc1)C(=O)NC1CCCC1. The van der Waals surface area contributed by atoms with Crippen LogP contribution in [0.2, 0.25) is 0 Å². The molecule has 0 spiro atoms. The van der Waals surface area contributed by atoms with Gasteiger partial charge in [-0.15, -0.1) is 0 Å². The van der Waals surface area contributed by atoms with E-state index in [9.17, 15) is 19.2 Å². The molecule has 1 N–H and O–H groups in total. The van der Waals surface area contributed by atoms with E-state index >= 15 is 0 Å². The Balaban J connectivity index is 1.41.